The Kier molecular flexibility index (Phi) is 4.33. The third kappa shape index (κ3) is 3.92. The highest BCUT2D eigenvalue weighted by atomic mass is 32.1. The molecule has 1 fully saturated rings. The normalized spacial score (nSPS) is 25.2. The molecule has 0 aliphatic heterocycles. The highest BCUT2D eigenvalue weighted by molar-refractivity contribution is 7.80. The predicted octanol–water partition coefficient (Wildman–Crippen LogP) is 3.62. The zero-order chi connectivity index (χ0) is 14.9. The maximum atomic E-state index is 6.11. The largest absolute Gasteiger partial charge is 0.474 e. The lowest BCUT2D eigenvalue weighted by Crippen LogP contribution is -2.34. The molecule has 0 amide bonds. The van der Waals surface area contributed by atoms with Crippen molar-refractivity contribution in [2.45, 2.75) is 53.1 Å². The van der Waals surface area contributed by atoms with Crippen LogP contribution in [0.3, 0.4) is 0 Å². The quantitative estimate of drug-likeness (QED) is 0.864. The van der Waals surface area contributed by atoms with E-state index in [0.29, 0.717) is 22.2 Å². The molecule has 0 radical (unpaired) electrons. The van der Waals surface area contributed by atoms with Gasteiger partial charge in [0.15, 0.2) is 0 Å². The van der Waals surface area contributed by atoms with Gasteiger partial charge in [0.1, 0.15) is 11.1 Å². The van der Waals surface area contributed by atoms with E-state index in [4.69, 9.17) is 22.7 Å². The first-order chi connectivity index (χ1) is 9.25. The summed E-state index contributed by atoms with van der Waals surface area (Å²) < 4.78 is 6.11. The van der Waals surface area contributed by atoms with Crippen LogP contribution in [0.1, 0.15) is 51.3 Å². The summed E-state index contributed by atoms with van der Waals surface area (Å²) in [7, 11) is 0. The first-order valence-corrected chi connectivity index (χ1v) is 7.61. The van der Waals surface area contributed by atoms with Gasteiger partial charge in [0.05, 0.1) is 0 Å². The van der Waals surface area contributed by atoms with E-state index in [2.05, 4.69) is 25.8 Å². The van der Waals surface area contributed by atoms with Gasteiger partial charge in [0.2, 0.25) is 5.88 Å². The van der Waals surface area contributed by atoms with Crippen LogP contribution in [0, 0.1) is 18.3 Å². The lowest BCUT2D eigenvalue weighted by atomic mass is 9.71. The SMILES string of the molecule is Cc1cc(C(N)=S)cc(OC2CC(C)CC(C)(C)C2)n1. The Balaban J connectivity index is 2.15. The maximum Gasteiger partial charge on any atom is 0.214 e. The molecule has 2 rings (SSSR count). The Morgan fingerprint density at radius 2 is 2.10 bits per heavy atom. The molecule has 2 N–H and O–H groups in total. The van der Waals surface area contributed by atoms with Crippen molar-refractivity contribution in [3.8, 4) is 5.88 Å². The molecule has 0 spiro atoms. The Morgan fingerprint density at radius 3 is 2.70 bits per heavy atom. The molecule has 110 valence electrons. The number of rotatable bonds is 3. The molecule has 1 aliphatic rings. The molecule has 1 aliphatic carbocycles. The Bertz CT molecular complexity index is 513. The molecule has 2 unspecified atom stereocenters. The fraction of sp³-hybridized carbons (Fsp3) is 0.625. The van der Waals surface area contributed by atoms with Crippen molar-refractivity contribution in [3.05, 3.63) is 23.4 Å². The summed E-state index contributed by atoms with van der Waals surface area (Å²) in [5, 5.41) is 0. The van der Waals surface area contributed by atoms with Gasteiger partial charge >= 0.3 is 0 Å². The number of pyridine rings is 1. The van der Waals surface area contributed by atoms with E-state index in [0.717, 1.165) is 24.1 Å². The molecule has 3 nitrogen and oxygen atoms in total. The molecule has 0 aromatic carbocycles. The highest BCUT2D eigenvalue weighted by Gasteiger charge is 2.33. The van der Waals surface area contributed by atoms with Gasteiger partial charge in [-0.25, -0.2) is 4.98 Å². The number of ether oxygens (including phenoxy) is 1. The number of hydrogen-bond acceptors (Lipinski definition) is 3. The number of aromatic nitrogens is 1. The second-order valence-corrected chi connectivity index (χ2v) is 7.29. The minimum atomic E-state index is 0.224. The minimum absolute atomic E-state index is 0.224. The molecule has 1 aromatic heterocycles. The topological polar surface area (TPSA) is 48.1 Å². The summed E-state index contributed by atoms with van der Waals surface area (Å²) in [6, 6.07) is 3.74. The van der Waals surface area contributed by atoms with Crippen LogP contribution in [0.5, 0.6) is 5.88 Å². The molecule has 1 saturated carbocycles. The molecule has 0 saturated heterocycles. The van der Waals surface area contributed by atoms with Gasteiger partial charge in [-0.2, -0.15) is 0 Å². The van der Waals surface area contributed by atoms with Crippen LogP contribution in [0.25, 0.3) is 0 Å². The third-order valence-corrected chi connectivity index (χ3v) is 4.08. The van der Waals surface area contributed by atoms with Crippen LogP contribution in [0.2, 0.25) is 0 Å². The van der Waals surface area contributed by atoms with E-state index in [9.17, 15) is 0 Å². The Morgan fingerprint density at radius 1 is 1.40 bits per heavy atom. The van der Waals surface area contributed by atoms with Crippen molar-refractivity contribution in [1.82, 2.24) is 4.98 Å². The lowest BCUT2D eigenvalue weighted by molar-refractivity contribution is 0.0532. The van der Waals surface area contributed by atoms with Crippen LogP contribution < -0.4 is 10.5 Å². The fourth-order valence-electron chi connectivity index (χ4n) is 3.36. The summed E-state index contributed by atoms with van der Waals surface area (Å²) in [5.41, 5.74) is 7.74. The number of aryl methyl sites for hydroxylation is 1. The van der Waals surface area contributed by atoms with Crippen molar-refractivity contribution in [3.63, 3.8) is 0 Å². The van der Waals surface area contributed by atoms with E-state index in [1.165, 1.54) is 6.42 Å². The van der Waals surface area contributed by atoms with Crippen molar-refractivity contribution in [1.29, 1.82) is 0 Å². The molecule has 1 aromatic rings. The maximum absolute atomic E-state index is 6.11. The molecule has 4 heteroatoms. The van der Waals surface area contributed by atoms with Crippen molar-refractivity contribution >= 4 is 17.2 Å². The minimum Gasteiger partial charge on any atom is -0.474 e. The van der Waals surface area contributed by atoms with Gasteiger partial charge in [-0.15, -0.1) is 0 Å². The number of nitrogens with zero attached hydrogens (tertiary/aromatic N) is 1. The second kappa shape index (κ2) is 5.68. The number of hydrogen-bond donors (Lipinski definition) is 1. The predicted molar refractivity (Wildman–Crippen MR) is 86.1 cm³/mol. The van der Waals surface area contributed by atoms with Crippen molar-refractivity contribution < 1.29 is 4.74 Å². The van der Waals surface area contributed by atoms with E-state index in [1.807, 2.05) is 19.1 Å². The molecular formula is C16H24N2OS. The summed E-state index contributed by atoms with van der Waals surface area (Å²) in [6.45, 7) is 8.84. The summed E-state index contributed by atoms with van der Waals surface area (Å²) in [4.78, 5) is 4.83. The van der Waals surface area contributed by atoms with Gasteiger partial charge < -0.3 is 10.5 Å². The Labute approximate surface area is 126 Å². The molecule has 2 atom stereocenters. The van der Waals surface area contributed by atoms with Gasteiger partial charge in [0.25, 0.3) is 0 Å². The molecular weight excluding hydrogens is 268 g/mol. The van der Waals surface area contributed by atoms with Crippen LogP contribution in [-0.2, 0) is 0 Å². The van der Waals surface area contributed by atoms with Gasteiger partial charge in [0, 0.05) is 17.3 Å². The molecule has 0 bridgehead atoms. The van der Waals surface area contributed by atoms with Crippen LogP contribution in [0.4, 0.5) is 0 Å². The fourth-order valence-corrected chi connectivity index (χ4v) is 3.48. The first-order valence-electron chi connectivity index (χ1n) is 7.20. The van der Waals surface area contributed by atoms with Gasteiger partial charge in [-0.05, 0) is 43.6 Å². The van der Waals surface area contributed by atoms with Gasteiger partial charge in [-0.1, -0.05) is 33.0 Å². The summed E-state index contributed by atoms with van der Waals surface area (Å²) in [6.07, 6.45) is 3.63. The third-order valence-electron chi connectivity index (χ3n) is 3.85. The Hall–Kier alpha value is -1.16. The second-order valence-electron chi connectivity index (χ2n) is 6.85. The van der Waals surface area contributed by atoms with E-state index < -0.39 is 0 Å². The lowest BCUT2D eigenvalue weighted by Gasteiger charge is -2.38. The average molecular weight is 292 g/mol. The van der Waals surface area contributed by atoms with E-state index in [1.54, 1.807) is 0 Å². The van der Waals surface area contributed by atoms with Crippen molar-refractivity contribution in [2.75, 3.05) is 0 Å². The first kappa shape index (κ1) is 15.2. The van der Waals surface area contributed by atoms with Crippen LogP contribution in [-0.4, -0.2) is 16.1 Å². The van der Waals surface area contributed by atoms with E-state index in [-0.39, 0.29) is 6.10 Å². The van der Waals surface area contributed by atoms with E-state index >= 15 is 0 Å². The smallest absolute Gasteiger partial charge is 0.214 e. The highest BCUT2D eigenvalue weighted by Crippen LogP contribution is 2.39. The van der Waals surface area contributed by atoms with Crippen LogP contribution >= 0.6 is 12.2 Å². The summed E-state index contributed by atoms with van der Waals surface area (Å²) in [5.74, 6) is 1.33. The zero-order valence-corrected chi connectivity index (χ0v) is 13.6. The zero-order valence-electron chi connectivity index (χ0n) is 12.8. The molecule has 1 heterocycles. The number of thiocarbonyl (C=S) groups is 1. The van der Waals surface area contributed by atoms with Crippen molar-refractivity contribution in [2.24, 2.45) is 17.1 Å². The molecule has 20 heavy (non-hydrogen) atoms. The monoisotopic (exact) mass is 292 g/mol. The van der Waals surface area contributed by atoms with Gasteiger partial charge in [-0.3, -0.25) is 0 Å². The summed E-state index contributed by atoms with van der Waals surface area (Å²) >= 11 is 5.04. The number of nitrogens with two attached hydrogens (primary N) is 1. The standard InChI is InChI=1S/C16H24N2OS/c1-10-5-13(9-16(3,4)8-10)19-14-7-12(15(17)20)6-11(2)18-14/h6-7,10,13H,5,8-9H2,1-4H3,(H2,17,20). The average Bonchev–Trinajstić information content (AvgIpc) is 2.24. The van der Waals surface area contributed by atoms with Crippen LogP contribution in [0.15, 0.2) is 12.1 Å².